The van der Waals surface area contributed by atoms with Crippen LogP contribution in [0.4, 0.5) is 15.9 Å². The standard InChI is InChI=1S/C21H18BrFN4O2/c1-13-10-19-26(20(28)8-9-27(19)25-13)12-14-2-4-15(5-3-14)21(29)24-18-7-6-16(22)11-17(18)23/h2-7,10-11H,8-9,12H2,1H3,(H,24,29). The summed E-state index contributed by atoms with van der Waals surface area (Å²) in [7, 11) is 0. The Bertz CT molecular complexity index is 1090. The molecular formula is C21H18BrFN4O2. The fourth-order valence-electron chi connectivity index (χ4n) is 3.28. The van der Waals surface area contributed by atoms with Crippen LogP contribution in [0.1, 0.15) is 28.0 Å². The van der Waals surface area contributed by atoms with E-state index in [2.05, 4.69) is 26.3 Å². The summed E-state index contributed by atoms with van der Waals surface area (Å²) in [4.78, 5) is 26.5. The summed E-state index contributed by atoms with van der Waals surface area (Å²) in [6.45, 7) is 2.88. The molecule has 29 heavy (non-hydrogen) atoms. The molecule has 0 bridgehead atoms. The molecule has 0 unspecified atom stereocenters. The van der Waals surface area contributed by atoms with Gasteiger partial charge in [0.2, 0.25) is 5.91 Å². The maximum absolute atomic E-state index is 13.9. The van der Waals surface area contributed by atoms with Gasteiger partial charge in [0, 0.05) is 22.5 Å². The van der Waals surface area contributed by atoms with Gasteiger partial charge >= 0.3 is 0 Å². The van der Waals surface area contributed by atoms with Crippen LogP contribution in [0.2, 0.25) is 0 Å². The first-order valence-corrected chi connectivity index (χ1v) is 9.90. The van der Waals surface area contributed by atoms with E-state index in [0.717, 1.165) is 17.1 Å². The van der Waals surface area contributed by atoms with Crippen LogP contribution in [0.15, 0.2) is 53.0 Å². The molecule has 0 fully saturated rings. The van der Waals surface area contributed by atoms with Crippen molar-refractivity contribution >= 4 is 39.2 Å². The topological polar surface area (TPSA) is 67.2 Å². The molecule has 0 aliphatic carbocycles. The van der Waals surface area contributed by atoms with E-state index in [0.29, 0.717) is 29.5 Å². The third kappa shape index (κ3) is 4.07. The number of halogens is 2. The van der Waals surface area contributed by atoms with E-state index >= 15 is 0 Å². The van der Waals surface area contributed by atoms with Gasteiger partial charge in [-0.3, -0.25) is 14.5 Å². The first kappa shape index (κ1) is 19.3. The Kier molecular flexibility index (Phi) is 5.19. The van der Waals surface area contributed by atoms with Crippen LogP contribution in [-0.4, -0.2) is 21.6 Å². The molecule has 0 spiro atoms. The Labute approximate surface area is 175 Å². The number of carbonyl (C=O) groups is 2. The van der Waals surface area contributed by atoms with Crippen molar-refractivity contribution in [3.05, 3.63) is 75.6 Å². The third-order valence-electron chi connectivity index (χ3n) is 4.73. The summed E-state index contributed by atoms with van der Waals surface area (Å²) in [6.07, 6.45) is 0.410. The lowest BCUT2D eigenvalue weighted by Gasteiger charge is -2.27. The number of fused-ring (bicyclic) bond motifs is 1. The minimum atomic E-state index is -0.514. The van der Waals surface area contributed by atoms with Crippen LogP contribution >= 0.6 is 15.9 Å². The minimum Gasteiger partial charge on any atom is -0.319 e. The fourth-order valence-corrected chi connectivity index (χ4v) is 3.61. The molecule has 0 saturated carbocycles. The number of hydrogen-bond acceptors (Lipinski definition) is 3. The summed E-state index contributed by atoms with van der Waals surface area (Å²) >= 11 is 3.19. The van der Waals surface area contributed by atoms with Crippen LogP contribution in [0.5, 0.6) is 0 Å². The van der Waals surface area contributed by atoms with Gasteiger partial charge in [-0.1, -0.05) is 28.1 Å². The first-order valence-electron chi connectivity index (χ1n) is 9.11. The van der Waals surface area contributed by atoms with Crippen LogP contribution in [0, 0.1) is 12.7 Å². The molecular weight excluding hydrogens is 439 g/mol. The Hall–Kier alpha value is -3.00. The molecule has 4 rings (SSSR count). The summed E-state index contributed by atoms with van der Waals surface area (Å²) in [6, 6.07) is 13.3. The van der Waals surface area contributed by atoms with E-state index in [4.69, 9.17) is 0 Å². The number of hydrogen-bond donors (Lipinski definition) is 1. The van der Waals surface area contributed by atoms with Crippen molar-refractivity contribution in [1.29, 1.82) is 0 Å². The van der Waals surface area contributed by atoms with Crippen LogP contribution in [0.3, 0.4) is 0 Å². The molecule has 0 radical (unpaired) electrons. The lowest BCUT2D eigenvalue weighted by molar-refractivity contribution is -0.119. The summed E-state index contributed by atoms with van der Waals surface area (Å²) in [5.74, 6) is -0.0865. The molecule has 0 saturated heterocycles. The second-order valence-electron chi connectivity index (χ2n) is 6.87. The minimum absolute atomic E-state index is 0.0462. The number of nitrogens with one attached hydrogen (secondary N) is 1. The molecule has 3 aromatic rings. The largest absolute Gasteiger partial charge is 0.319 e. The molecule has 8 heteroatoms. The molecule has 2 heterocycles. The molecule has 148 valence electrons. The molecule has 6 nitrogen and oxygen atoms in total. The van der Waals surface area contributed by atoms with Crippen LogP contribution in [0.25, 0.3) is 0 Å². The van der Waals surface area contributed by atoms with E-state index in [1.54, 1.807) is 35.2 Å². The fraction of sp³-hybridized carbons (Fsp3) is 0.190. The van der Waals surface area contributed by atoms with E-state index in [1.165, 1.54) is 12.1 Å². The van der Waals surface area contributed by atoms with Gasteiger partial charge in [0.1, 0.15) is 11.6 Å². The van der Waals surface area contributed by atoms with E-state index in [9.17, 15) is 14.0 Å². The monoisotopic (exact) mass is 456 g/mol. The first-order chi connectivity index (χ1) is 13.9. The highest BCUT2D eigenvalue weighted by molar-refractivity contribution is 9.10. The Morgan fingerprint density at radius 1 is 1.21 bits per heavy atom. The Morgan fingerprint density at radius 2 is 1.97 bits per heavy atom. The summed E-state index contributed by atoms with van der Waals surface area (Å²) in [5.41, 5.74) is 2.27. The van der Waals surface area contributed by atoms with Crippen molar-refractivity contribution < 1.29 is 14.0 Å². The normalized spacial score (nSPS) is 13.3. The van der Waals surface area contributed by atoms with Crippen molar-refractivity contribution in [3.8, 4) is 0 Å². The predicted molar refractivity (Wildman–Crippen MR) is 111 cm³/mol. The highest BCUT2D eigenvalue weighted by Gasteiger charge is 2.25. The van der Waals surface area contributed by atoms with Gasteiger partial charge < -0.3 is 5.32 Å². The van der Waals surface area contributed by atoms with Gasteiger partial charge in [0.15, 0.2) is 0 Å². The summed E-state index contributed by atoms with van der Waals surface area (Å²) < 4.78 is 16.4. The number of aryl methyl sites for hydroxylation is 2. The molecule has 0 atom stereocenters. The molecule has 2 amide bonds. The van der Waals surface area contributed by atoms with Crippen molar-refractivity contribution in [1.82, 2.24) is 9.78 Å². The second kappa shape index (κ2) is 7.79. The smallest absolute Gasteiger partial charge is 0.255 e. The molecule has 2 aromatic carbocycles. The van der Waals surface area contributed by atoms with Crippen molar-refractivity contribution in [3.63, 3.8) is 0 Å². The van der Waals surface area contributed by atoms with Gasteiger partial charge in [-0.2, -0.15) is 5.10 Å². The van der Waals surface area contributed by atoms with E-state index in [-0.39, 0.29) is 11.6 Å². The number of amides is 2. The van der Waals surface area contributed by atoms with Gasteiger partial charge in [-0.15, -0.1) is 0 Å². The average molecular weight is 457 g/mol. The number of nitrogens with zero attached hydrogens (tertiary/aromatic N) is 3. The SMILES string of the molecule is Cc1cc2n(n1)CCC(=O)N2Cc1ccc(C(=O)Nc2ccc(Br)cc2F)cc1. The maximum Gasteiger partial charge on any atom is 0.255 e. The number of carbonyl (C=O) groups excluding carboxylic acids is 2. The Balaban J connectivity index is 1.48. The molecule has 1 aliphatic heterocycles. The third-order valence-corrected chi connectivity index (χ3v) is 5.23. The van der Waals surface area contributed by atoms with Crippen LogP contribution in [-0.2, 0) is 17.9 Å². The summed E-state index contributed by atoms with van der Waals surface area (Å²) in [5, 5.41) is 6.97. The highest BCUT2D eigenvalue weighted by Crippen LogP contribution is 2.25. The number of benzene rings is 2. The predicted octanol–water partition coefficient (Wildman–Crippen LogP) is 4.28. The van der Waals surface area contributed by atoms with Crippen molar-refractivity contribution in [2.24, 2.45) is 0 Å². The van der Waals surface area contributed by atoms with E-state index in [1.807, 2.05) is 17.7 Å². The van der Waals surface area contributed by atoms with Gasteiger partial charge in [0.05, 0.1) is 24.5 Å². The number of aromatic nitrogens is 2. The second-order valence-corrected chi connectivity index (χ2v) is 7.79. The van der Waals surface area contributed by atoms with Crippen molar-refractivity contribution in [2.45, 2.75) is 26.4 Å². The molecule has 1 aromatic heterocycles. The lowest BCUT2D eigenvalue weighted by Crippen LogP contribution is -2.36. The number of anilines is 2. The highest BCUT2D eigenvalue weighted by atomic mass is 79.9. The van der Waals surface area contributed by atoms with E-state index < -0.39 is 11.7 Å². The zero-order valence-electron chi connectivity index (χ0n) is 15.7. The average Bonchev–Trinajstić information content (AvgIpc) is 3.07. The van der Waals surface area contributed by atoms with Crippen molar-refractivity contribution in [2.75, 3.05) is 10.2 Å². The van der Waals surface area contributed by atoms with Crippen LogP contribution < -0.4 is 10.2 Å². The van der Waals surface area contributed by atoms with Gasteiger partial charge in [0.25, 0.3) is 5.91 Å². The molecule has 1 N–H and O–H groups in total. The Morgan fingerprint density at radius 3 is 2.69 bits per heavy atom. The van der Waals surface area contributed by atoms with Gasteiger partial charge in [-0.05, 0) is 42.8 Å². The van der Waals surface area contributed by atoms with Gasteiger partial charge in [-0.25, -0.2) is 9.07 Å². The quantitative estimate of drug-likeness (QED) is 0.636. The zero-order chi connectivity index (χ0) is 20.5. The maximum atomic E-state index is 13.9. The number of rotatable bonds is 4. The molecule has 1 aliphatic rings. The zero-order valence-corrected chi connectivity index (χ0v) is 17.2. The lowest BCUT2D eigenvalue weighted by atomic mass is 10.1.